The Morgan fingerprint density at radius 1 is 0.623 bits per heavy atom. The fourth-order valence-corrected chi connectivity index (χ4v) is 7.67. The lowest BCUT2D eigenvalue weighted by Crippen LogP contribution is -2.72. The van der Waals surface area contributed by atoms with Crippen molar-refractivity contribution in [2.75, 3.05) is 33.8 Å². The van der Waals surface area contributed by atoms with Crippen LogP contribution in [0.4, 0.5) is 0 Å². The third-order valence-corrected chi connectivity index (χ3v) is 10.9. The lowest BCUT2D eigenvalue weighted by molar-refractivity contribution is -0.167. The van der Waals surface area contributed by atoms with E-state index in [9.17, 15) is 14.4 Å². The highest BCUT2D eigenvalue weighted by molar-refractivity contribution is 6.10. The molecule has 53 heavy (non-hydrogen) atoms. The van der Waals surface area contributed by atoms with Crippen LogP contribution in [0.3, 0.4) is 0 Å². The lowest BCUT2D eigenvalue weighted by atomic mass is 9.80. The second kappa shape index (κ2) is 33.2. The summed E-state index contributed by atoms with van der Waals surface area (Å²) in [6.07, 6.45) is 43.3. The summed E-state index contributed by atoms with van der Waals surface area (Å²) in [7, 11) is 4.05. The molecule has 0 saturated carbocycles. The molecule has 0 aromatic rings. The van der Waals surface area contributed by atoms with Gasteiger partial charge in [-0.05, 0) is 98.2 Å². The molecule has 1 atom stereocenters. The minimum atomic E-state index is -1.25. The summed E-state index contributed by atoms with van der Waals surface area (Å²) >= 11 is 0. The third-order valence-electron chi connectivity index (χ3n) is 10.9. The molecule has 1 aliphatic rings. The molecule has 308 valence electrons. The van der Waals surface area contributed by atoms with Gasteiger partial charge in [0.15, 0.2) is 0 Å². The van der Waals surface area contributed by atoms with Crippen LogP contribution < -0.4 is 5.32 Å². The first-order valence-corrected chi connectivity index (χ1v) is 22.6. The van der Waals surface area contributed by atoms with E-state index in [4.69, 9.17) is 4.74 Å². The number of carbonyl (C=O) groups excluding carboxylic acids is 3. The number of hydrogen-bond acceptors (Lipinski definition) is 5. The first-order valence-electron chi connectivity index (χ1n) is 22.6. The molecule has 1 unspecified atom stereocenters. The SMILES string of the molecule is CCCCCCCC/C=C/CCCCCCCC1(CCCCCCC/C=C/CCCCCCCC)C(=O)NC(C(=O)OCC)C(=O)N1CCCN(C)C. The van der Waals surface area contributed by atoms with Gasteiger partial charge in [-0.1, -0.05) is 154 Å². The monoisotopic (exact) mass is 744 g/mol. The van der Waals surface area contributed by atoms with Crippen LogP contribution in [-0.2, 0) is 19.1 Å². The number of allylic oxidation sites excluding steroid dienone is 4. The first-order chi connectivity index (χ1) is 25.8. The number of nitrogens with zero attached hydrogens (tertiary/aromatic N) is 2. The number of esters is 1. The van der Waals surface area contributed by atoms with Gasteiger partial charge < -0.3 is 19.9 Å². The number of rotatable bonds is 36. The number of unbranched alkanes of at least 4 members (excludes halogenated alkanes) is 22. The van der Waals surface area contributed by atoms with Gasteiger partial charge in [0.1, 0.15) is 5.54 Å². The number of piperazine rings is 1. The molecule has 0 radical (unpaired) electrons. The van der Waals surface area contributed by atoms with Crippen molar-refractivity contribution in [2.45, 2.75) is 219 Å². The normalized spacial score (nSPS) is 16.0. The first kappa shape index (κ1) is 48.9. The molecule has 0 aromatic heterocycles. The molecule has 7 nitrogen and oxygen atoms in total. The molecule has 1 fully saturated rings. The highest BCUT2D eigenvalue weighted by Crippen LogP contribution is 2.34. The van der Waals surface area contributed by atoms with E-state index in [1.165, 1.54) is 116 Å². The van der Waals surface area contributed by atoms with Gasteiger partial charge in [-0.25, -0.2) is 4.79 Å². The number of ether oxygens (including phenoxy) is 1. The quantitative estimate of drug-likeness (QED) is 0.0299. The van der Waals surface area contributed by atoms with Crippen molar-refractivity contribution < 1.29 is 19.1 Å². The van der Waals surface area contributed by atoms with Gasteiger partial charge in [0, 0.05) is 6.54 Å². The van der Waals surface area contributed by atoms with Gasteiger partial charge in [-0.15, -0.1) is 0 Å². The van der Waals surface area contributed by atoms with Crippen molar-refractivity contribution in [3.8, 4) is 0 Å². The molecular weight excluding hydrogens is 659 g/mol. The third kappa shape index (κ3) is 22.7. The zero-order valence-corrected chi connectivity index (χ0v) is 35.5. The number of nitrogens with one attached hydrogen (secondary N) is 1. The van der Waals surface area contributed by atoms with E-state index in [-0.39, 0.29) is 18.4 Å². The number of amides is 2. The van der Waals surface area contributed by atoms with Gasteiger partial charge in [0.2, 0.25) is 11.9 Å². The zero-order valence-electron chi connectivity index (χ0n) is 35.5. The van der Waals surface area contributed by atoms with Crippen LogP contribution in [0.1, 0.15) is 207 Å². The molecule has 0 bridgehead atoms. The van der Waals surface area contributed by atoms with Gasteiger partial charge in [-0.2, -0.15) is 0 Å². The Bertz CT molecular complexity index is 938. The molecule has 2 amide bonds. The Kier molecular flexibility index (Phi) is 30.6. The van der Waals surface area contributed by atoms with E-state index in [0.29, 0.717) is 19.4 Å². The van der Waals surface area contributed by atoms with Crippen molar-refractivity contribution >= 4 is 17.8 Å². The minimum absolute atomic E-state index is 0.175. The van der Waals surface area contributed by atoms with Crippen molar-refractivity contribution in [1.82, 2.24) is 15.1 Å². The molecule has 1 saturated heterocycles. The van der Waals surface area contributed by atoms with Crippen LogP contribution in [0.5, 0.6) is 0 Å². The van der Waals surface area contributed by atoms with Crippen LogP contribution in [0.15, 0.2) is 24.3 Å². The van der Waals surface area contributed by atoms with Crippen LogP contribution >= 0.6 is 0 Å². The van der Waals surface area contributed by atoms with Gasteiger partial charge in [0.25, 0.3) is 5.91 Å². The van der Waals surface area contributed by atoms with Crippen molar-refractivity contribution in [3.05, 3.63) is 24.3 Å². The maximum Gasteiger partial charge on any atom is 0.338 e. The van der Waals surface area contributed by atoms with Crippen LogP contribution in [0.25, 0.3) is 0 Å². The maximum atomic E-state index is 14.1. The second-order valence-electron chi connectivity index (χ2n) is 16.0. The van der Waals surface area contributed by atoms with Crippen molar-refractivity contribution in [1.29, 1.82) is 0 Å². The Morgan fingerprint density at radius 3 is 1.42 bits per heavy atom. The predicted octanol–water partition coefficient (Wildman–Crippen LogP) is 11.6. The average Bonchev–Trinajstić information content (AvgIpc) is 3.14. The molecule has 1 heterocycles. The minimum Gasteiger partial charge on any atom is -0.464 e. The van der Waals surface area contributed by atoms with E-state index in [1.807, 2.05) is 14.1 Å². The summed E-state index contributed by atoms with van der Waals surface area (Å²) in [6.45, 7) is 7.72. The van der Waals surface area contributed by atoms with Crippen LogP contribution in [0.2, 0.25) is 0 Å². The summed E-state index contributed by atoms with van der Waals surface area (Å²) in [6, 6.07) is -1.25. The molecule has 0 aliphatic carbocycles. The van der Waals surface area contributed by atoms with Crippen molar-refractivity contribution in [2.24, 2.45) is 0 Å². The second-order valence-corrected chi connectivity index (χ2v) is 16.0. The largest absolute Gasteiger partial charge is 0.464 e. The van der Waals surface area contributed by atoms with E-state index in [2.05, 4.69) is 48.4 Å². The summed E-state index contributed by atoms with van der Waals surface area (Å²) in [5.74, 6) is -1.13. The van der Waals surface area contributed by atoms with Crippen LogP contribution in [-0.4, -0.2) is 73.0 Å². The van der Waals surface area contributed by atoms with E-state index >= 15 is 0 Å². The number of carbonyl (C=O) groups is 3. The van der Waals surface area contributed by atoms with Gasteiger partial charge in [-0.3, -0.25) is 9.59 Å². The molecule has 7 heteroatoms. The Labute approximate surface area is 327 Å². The Hall–Kier alpha value is -2.15. The summed E-state index contributed by atoms with van der Waals surface area (Å²) in [5.41, 5.74) is -0.912. The molecule has 0 aromatic carbocycles. The predicted molar refractivity (Wildman–Crippen MR) is 225 cm³/mol. The summed E-state index contributed by atoms with van der Waals surface area (Å²) < 4.78 is 5.22. The Morgan fingerprint density at radius 2 is 1.02 bits per heavy atom. The molecule has 0 spiro atoms. The molecule has 1 rings (SSSR count). The lowest BCUT2D eigenvalue weighted by Gasteiger charge is -2.48. The molecule has 1 N–H and O–H groups in total. The van der Waals surface area contributed by atoms with Gasteiger partial charge >= 0.3 is 5.97 Å². The van der Waals surface area contributed by atoms with E-state index < -0.39 is 17.6 Å². The van der Waals surface area contributed by atoms with Gasteiger partial charge in [0.05, 0.1) is 6.61 Å². The Balaban J connectivity index is 2.69. The summed E-state index contributed by atoms with van der Waals surface area (Å²) in [5, 5.41) is 2.84. The smallest absolute Gasteiger partial charge is 0.338 e. The standard InChI is InChI=1S/C46H85N3O4/c1-6-9-11-13-15-17-19-21-23-25-27-29-31-33-35-38-46(39-36-34-32-30-28-26-24-22-20-18-16-14-12-10-7-2)45(52)47-42(44(51)53-8-3)43(50)49(46)41-37-40-48(4)5/h21-24,42H,6-20,25-41H2,1-5H3,(H,47,52)/b23-21+,24-22+. The number of hydrogen-bond donors (Lipinski definition) is 1. The fourth-order valence-electron chi connectivity index (χ4n) is 7.67. The fraction of sp³-hybridized carbons (Fsp3) is 0.848. The van der Waals surface area contributed by atoms with Crippen molar-refractivity contribution in [3.63, 3.8) is 0 Å². The topological polar surface area (TPSA) is 78.9 Å². The molecular formula is C46H85N3O4. The maximum absolute atomic E-state index is 14.1. The highest BCUT2D eigenvalue weighted by atomic mass is 16.5. The van der Waals surface area contributed by atoms with E-state index in [0.717, 1.165) is 64.3 Å². The van der Waals surface area contributed by atoms with E-state index in [1.54, 1.807) is 11.8 Å². The summed E-state index contributed by atoms with van der Waals surface area (Å²) in [4.78, 5) is 44.8. The zero-order chi connectivity index (χ0) is 38.8. The highest BCUT2D eigenvalue weighted by Gasteiger charge is 2.53. The molecule has 1 aliphatic heterocycles. The average molecular weight is 744 g/mol. The van der Waals surface area contributed by atoms with Crippen LogP contribution in [0, 0.1) is 0 Å².